The van der Waals surface area contributed by atoms with Gasteiger partial charge in [0.2, 0.25) is 11.9 Å². The molecular formula is C20H23N5O4S. The summed E-state index contributed by atoms with van der Waals surface area (Å²) in [5, 5.41) is 9.20. The lowest BCUT2D eigenvalue weighted by atomic mass is 10.2. The number of aryl methyl sites for hydroxylation is 1. The van der Waals surface area contributed by atoms with Crippen molar-refractivity contribution in [2.75, 3.05) is 11.9 Å². The number of amides is 1. The number of hydrogen-bond acceptors (Lipinski definition) is 7. The molecule has 0 atom stereocenters. The van der Waals surface area contributed by atoms with Gasteiger partial charge in [0.15, 0.2) is 0 Å². The number of H-pyrrole nitrogens is 1. The minimum absolute atomic E-state index is 0.0228. The summed E-state index contributed by atoms with van der Waals surface area (Å²) in [7, 11) is 0. The van der Waals surface area contributed by atoms with Crippen molar-refractivity contribution < 1.29 is 14.3 Å². The second kappa shape index (κ2) is 9.49. The van der Waals surface area contributed by atoms with E-state index in [1.54, 1.807) is 19.9 Å². The molecule has 3 aromatic rings. The van der Waals surface area contributed by atoms with Crippen LogP contribution in [0.1, 0.15) is 37.9 Å². The van der Waals surface area contributed by atoms with Crippen LogP contribution in [0, 0.1) is 6.92 Å². The summed E-state index contributed by atoms with van der Waals surface area (Å²) in [6.07, 6.45) is 0.506. The van der Waals surface area contributed by atoms with E-state index in [1.165, 1.54) is 16.0 Å². The van der Waals surface area contributed by atoms with Crippen LogP contribution in [0.2, 0.25) is 0 Å². The van der Waals surface area contributed by atoms with Crippen LogP contribution in [0.15, 0.2) is 28.4 Å². The predicted octanol–water partition coefficient (Wildman–Crippen LogP) is 2.84. The number of esters is 1. The van der Waals surface area contributed by atoms with Crippen LogP contribution in [0.3, 0.4) is 0 Å². The third-order valence-electron chi connectivity index (χ3n) is 4.38. The molecule has 0 saturated heterocycles. The first-order valence-corrected chi connectivity index (χ1v) is 10.5. The van der Waals surface area contributed by atoms with Crippen LogP contribution >= 0.6 is 11.3 Å². The summed E-state index contributed by atoms with van der Waals surface area (Å²) in [5.74, 6) is -0.249. The molecule has 1 amide bonds. The summed E-state index contributed by atoms with van der Waals surface area (Å²) in [6, 6.07) is 5.51. The van der Waals surface area contributed by atoms with Crippen molar-refractivity contribution in [2.45, 2.75) is 40.0 Å². The van der Waals surface area contributed by atoms with E-state index in [9.17, 15) is 14.4 Å². The minimum Gasteiger partial charge on any atom is -0.466 e. The zero-order valence-electron chi connectivity index (χ0n) is 17.0. The highest BCUT2D eigenvalue weighted by Crippen LogP contribution is 2.27. The third-order valence-corrected chi connectivity index (χ3v) is 5.27. The Morgan fingerprint density at radius 1 is 1.30 bits per heavy atom. The monoisotopic (exact) mass is 429 g/mol. The van der Waals surface area contributed by atoms with Crippen LogP contribution in [-0.2, 0) is 20.7 Å². The minimum atomic E-state index is -0.433. The van der Waals surface area contributed by atoms with Crippen LogP contribution in [0.5, 0.6) is 0 Å². The quantitative estimate of drug-likeness (QED) is 0.532. The van der Waals surface area contributed by atoms with Gasteiger partial charge in [-0.25, -0.2) is 4.98 Å². The Morgan fingerprint density at radius 3 is 2.73 bits per heavy atom. The van der Waals surface area contributed by atoms with Gasteiger partial charge in [-0.05, 0) is 31.7 Å². The molecule has 3 rings (SSSR count). The fraction of sp³-hybridized carbons (Fsp3) is 0.350. The Balaban J connectivity index is 1.93. The maximum atomic E-state index is 12.4. The number of thiophene rings is 1. The summed E-state index contributed by atoms with van der Waals surface area (Å²) in [5.41, 5.74) is 1.59. The molecule has 10 heteroatoms. The van der Waals surface area contributed by atoms with E-state index in [4.69, 9.17) is 4.74 Å². The standard InChI is InChI=1S/C20H23N5O4S/c1-4-13-12(3)21-20(23-19(13)28)25-16(11-14(24-25)15-7-6-10-30-15)22-17(26)8-9-18(27)29-5-2/h6-7,10-11H,4-5,8-9H2,1-3H3,(H,22,26)(H,21,23,28). The van der Waals surface area contributed by atoms with Crippen molar-refractivity contribution >= 4 is 29.0 Å². The molecule has 0 saturated carbocycles. The van der Waals surface area contributed by atoms with Crippen molar-refractivity contribution in [1.82, 2.24) is 19.7 Å². The van der Waals surface area contributed by atoms with E-state index in [1.807, 2.05) is 24.4 Å². The molecule has 0 spiro atoms. The summed E-state index contributed by atoms with van der Waals surface area (Å²) in [6.45, 7) is 5.63. The molecule has 30 heavy (non-hydrogen) atoms. The van der Waals surface area contributed by atoms with Gasteiger partial charge in [-0.15, -0.1) is 11.3 Å². The molecule has 0 aliphatic rings. The van der Waals surface area contributed by atoms with Crippen molar-refractivity contribution in [2.24, 2.45) is 0 Å². The molecule has 0 aromatic carbocycles. The first-order chi connectivity index (χ1) is 14.4. The lowest BCUT2D eigenvalue weighted by molar-refractivity contribution is -0.144. The van der Waals surface area contributed by atoms with Gasteiger partial charge >= 0.3 is 5.97 Å². The number of aromatic amines is 1. The largest absolute Gasteiger partial charge is 0.466 e. The van der Waals surface area contributed by atoms with Crippen LogP contribution in [0.4, 0.5) is 5.82 Å². The van der Waals surface area contributed by atoms with E-state index >= 15 is 0 Å². The fourth-order valence-electron chi connectivity index (χ4n) is 2.94. The molecule has 3 heterocycles. The van der Waals surface area contributed by atoms with Crippen molar-refractivity contribution in [1.29, 1.82) is 0 Å². The Morgan fingerprint density at radius 2 is 2.10 bits per heavy atom. The lowest BCUT2D eigenvalue weighted by Gasteiger charge is -2.10. The number of ether oxygens (including phenoxy) is 1. The van der Waals surface area contributed by atoms with E-state index in [2.05, 4.69) is 20.4 Å². The number of nitrogens with zero attached hydrogens (tertiary/aromatic N) is 3. The molecule has 9 nitrogen and oxygen atoms in total. The molecule has 2 N–H and O–H groups in total. The van der Waals surface area contributed by atoms with E-state index in [-0.39, 0.29) is 36.9 Å². The second-order valence-corrected chi connectivity index (χ2v) is 7.41. The van der Waals surface area contributed by atoms with Gasteiger partial charge in [0.25, 0.3) is 5.56 Å². The Labute approximate surface area is 177 Å². The Hall–Kier alpha value is -3.27. The number of anilines is 1. The highest BCUT2D eigenvalue weighted by molar-refractivity contribution is 7.13. The molecule has 0 radical (unpaired) electrons. The predicted molar refractivity (Wildman–Crippen MR) is 114 cm³/mol. The first-order valence-electron chi connectivity index (χ1n) is 9.62. The molecular weight excluding hydrogens is 406 g/mol. The van der Waals surface area contributed by atoms with Gasteiger partial charge in [-0.2, -0.15) is 9.78 Å². The fourth-order valence-corrected chi connectivity index (χ4v) is 3.62. The number of rotatable bonds is 8. The van der Waals surface area contributed by atoms with E-state index in [0.29, 0.717) is 29.2 Å². The molecule has 0 aliphatic carbocycles. The molecule has 0 fully saturated rings. The highest BCUT2D eigenvalue weighted by atomic mass is 32.1. The summed E-state index contributed by atoms with van der Waals surface area (Å²) < 4.78 is 6.25. The average molecular weight is 430 g/mol. The maximum absolute atomic E-state index is 12.4. The van der Waals surface area contributed by atoms with Gasteiger partial charge in [-0.3, -0.25) is 19.4 Å². The number of hydrogen-bond donors (Lipinski definition) is 2. The Kier molecular flexibility index (Phi) is 6.78. The second-order valence-electron chi connectivity index (χ2n) is 6.46. The molecule has 0 aliphatic heterocycles. The maximum Gasteiger partial charge on any atom is 0.306 e. The van der Waals surface area contributed by atoms with Gasteiger partial charge in [0, 0.05) is 23.7 Å². The topological polar surface area (TPSA) is 119 Å². The number of aromatic nitrogens is 4. The third kappa shape index (κ3) is 4.82. The number of carbonyl (C=O) groups excluding carboxylic acids is 2. The number of nitrogens with one attached hydrogen (secondary N) is 2. The molecule has 0 bridgehead atoms. The van der Waals surface area contributed by atoms with Gasteiger partial charge in [0.1, 0.15) is 11.5 Å². The van der Waals surface area contributed by atoms with Gasteiger partial charge in [0.05, 0.1) is 17.9 Å². The van der Waals surface area contributed by atoms with E-state index in [0.717, 1.165) is 4.88 Å². The van der Waals surface area contributed by atoms with Crippen molar-refractivity contribution in [3.8, 4) is 16.5 Å². The zero-order chi connectivity index (χ0) is 21.7. The van der Waals surface area contributed by atoms with E-state index < -0.39 is 5.97 Å². The van der Waals surface area contributed by atoms with Gasteiger partial charge < -0.3 is 10.1 Å². The summed E-state index contributed by atoms with van der Waals surface area (Å²) >= 11 is 1.50. The van der Waals surface area contributed by atoms with Crippen LogP contribution < -0.4 is 10.9 Å². The van der Waals surface area contributed by atoms with Crippen LogP contribution in [-0.4, -0.2) is 38.2 Å². The molecule has 3 aromatic heterocycles. The lowest BCUT2D eigenvalue weighted by Crippen LogP contribution is -2.22. The first kappa shape index (κ1) is 21.4. The molecule has 158 valence electrons. The normalized spacial score (nSPS) is 10.8. The van der Waals surface area contributed by atoms with Gasteiger partial charge in [-0.1, -0.05) is 13.0 Å². The zero-order valence-corrected chi connectivity index (χ0v) is 17.8. The smallest absolute Gasteiger partial charge is 0.306 e. The highest BCUT2D eigenvalue weighted by Gasteiger charge is 2.18. The number of carbonyl (C=O) groups is 2. The van der Waals surface area contributed by atoms with Crippen molar-refractivity contribution in [3.05, 3.63) is 45.2 Å². The Bertz CT molecular complexity index is 1100. The van der Waals surface area contributed by atoms with Crippen LogP contribution in [0.25, 0.3) is 16.5 Å². The average Bonchev–Trinajstić information content (AvgIpc) is 3.36. The molecule has 0 unspecified atom stereocenters. The van der Waals surface area contributed by atoms with Crippen molar-refractivity contribution in [3.63, 3.8) is 0 Å². The summed E-state index contributed by atoms with van der Waals surface area (Å²) in [4.78, 5) is 44.4. The SMILES string of the molecule is CCOC(=O)CCC(=O)Nc1cc(-c2cccs2)nn1-c1nc(C)c(CC)c(=O)[nH]1.